The van der Waals surface area contributed by atoms with E-state index in [1.54, 1.807) is 0 Å². The topological polar surface area (TPSA) is 27.7 Å². The summed E-state index contributed by atoms with van der Waals surface area (Å²) in [7, 11) is 1.84. The molecule has 0 aliphatic carbocycles. The van der Waals surface area contributed by atoms with Gasteiger partial charge in [0.05, 0.1) is 0 Å². The van der Waals surface area contributed by atoms with Crippen molar-refractivity contribution in [3.05, 3.63) is 12.7 Å². The Balaban J connectivity index is 0. The van der Waals surface area contributed by atoms with Gasteiger partial charge in [-0.25, -0.2) is 0 Å². The van der Waals surface area contributed by atoms with E-state index < -0.39 is 5.79 Å². The summed E-state index contributed by atoms with van der Waals surface area (Å²) in [5, 5.41) is 0. The van der Waals surface area contributed by atoms with Gasteiger partial charge < -0.3 is 14.2 Å². The van der Waals surface area contributed by atoms with E-state index in [1.165, 1.54) is 38.5 Å². The van der Waals surface area contributed by atoms with E-state index in [0.717, 1.165) is 38.5 Å². The first kappa shape index (κ1) is 29.8. The van der Waals surface area contributed by atoms with E-state index in [1.807, 2.05) is 13.2 Å². The maximum absolute atomic E-state index is 6.27. The molecule has 1 atom stereocenters. The SMILES string of the molecule is C=CCC.CCCCCCCCC(CCC)(OC)C(CCC)(OCC)OCC. The van der Waals surface area contributed by atoms with Gasteiger partial charge in [0.15, 0.2) is 5.79 Å². The Kier molecular flexibility index (Phi) is 21.2. The molecule has 0 saturated heterocycles. The normalized spacial score (nSPS) is 13.5. The van der Waals surface area contributed by atoms with Crippen molar-refractivity contribution in [2.45, 2.75) is 130 Å². The maximum Gasteiger partial charge on any atom is 0.197 e. The average Bonchev–Trinajstić information content (AvgIpc) is 2.70. The van der Waals surface area contributed by atoms with Crippen LogP contribution in [0.1, 0.15) is 119 Å². The number of allylic oxidation sites excluding steroid dienone is 1. The number of unbranched alkanes of at least 4 members (excludes halogenated alkanes) is 5. The summed E-state index contributed by atoms with van der Waals surface area (Å²) in [6.45, 7) is 17.7. The summed E-state index contributed by atoms with van der Waals surface area (Å²) in [6.07, 6.45) is 15.7. The zero-order valence-electron chi connectivity index (χ0n) is 20.4. The predicted octanol–water partition coefficient (Wildman–Crippen LogP) is 8.07. The molecule has 0 aromatic carbocycles. The molecule has 0 bridgehead atoms. The molecule has 0 aliphatic rings. The van der Waals surface area contributed by atoms with Crippen LogP contribution in [0.2, 0.25) is 0 Å². The monoisotopic (exact) mass is 400 g/mol. The molecule has 0 N–H and O–H groups in total. The van der Waals surface area contributed by atoms with Gasteiger partial charge in [-0.05, 0) is 33.1 Å². The van der Waals surface area contributed by atoms with Gasteiger partial charge in [0, 0.05) is 26.7 Å². The lowest BCUT2D eigenvalue weighted by atomic mass is 9.80. The fourth-order valence-electron chi connectivity index (χ4n) is 3.93. The molecule has 170 valence electrons. The molecular formula is C25H52O3. The predicted molar refractivity (Wildman–Crippen MR) is 124 cm³/mol. The van der Waals surface area contributed by atoms with E-state index in [9.17, 15) is 0 Å². The van der Waals surface area contributed by atoms with E-state index >= 15 is 0 Å². The van der Waals surface area contributed by atoms with Gasteiger partial charge in [0.2, 0.25) is 0 Å². The number of ether oxygens (including phenoxy) is 3. The minimum absolute atomic E-state index is 0.339. The number of hydrogen-bond acceptors (Lipinski definition) is 3. The summed E-state index contributed by atoms with van der Waals surface area (Å²) in [5.41, 5.74) is -0.339. The van der Waals surface area contributed by atoms with Crippen LogP contribution in [-0.2, 0) is 14.2 Å². The molecule has 0 aliphatic heterocycles. The molecule has 0 saturated carbocycles. The van der Waals surface area contributed by atoms with Crippen molar-refractivity contribution in [1.29, 1.82) is 0 Å². The van der Waals surface area contributed by atoms with Crippen molar-refractivity contribution in [2.24, 2.45) is 0 Å². The number of methoxy groups -OCH3 is 1. The van der Waals surface area contributed by atoms with Crippen LogP contribution < -0.4 is 0 Å². The van der Waals surface area contributed by atoms with Gasteiger partial charge in [0.1, 0.15) is 5.60 Å². The lowest BCUT2D eigenvalue weighted by Crippen LogP contribution is -2.59. The quantitative estimate of drug-likeness (QED) is 0.132. The summed E-state index contributed by atoms with van der Waals surface area (Å²) in [6, 6.07) is 0. The zero-order chi connectivity index (χ0) is 21.7. The molecule has 0 amide bonds. The molecule has 1 unspecified atom stereocenters. The summed E-state index contributed by atoms with van der Waals surface area (Å²) in [4.78, 5) is 0. The van der Waals surface area contributed by atoms with Crippen LogP contribution in [0.4, 0.5) is 0 Å². The van der Waals surface area contributed by atoms with Crippen LogP contribution >= 0.6 is 0 Å². The molecule has 3 heteroatoms. The highest BCUT2D eigenvalue weighted by Crippen LogP contribution is 2.42. The minimum Gasteiger partial charge on any atom is -0.373 e. The Labute approximate surface area is 177 Å². The van der Waals surface area contributed by atoms with Crippen LogP contribution in [0.3, 0.4) is 0 Å². The van der Waals surface area contributed by atoms with Gasteiger partial charge in [-0.1, -0.05) is 85.1 Å². The van der Waals surface area contributed by atoms with Crippen LogP contribution in [-0.4, -0.2) is 31.7 Å². The number of rotatable bonds is 18. The Morgan fingerprint density at radius 2 is 1.18 bits per heavy atom. The fourth-order valence-corrected chi connectivity index (χ4v) is 3.93. The first-order valence-corrected chi connectivity index (χ1v) is 12.0. The third-order valence-electron chi connectivity index (χ3n) is 5.30. The van der Waals surface area contributed by atoms with Crippen molar-refractivity contribution < 1.29 is 14.2 Å². The molecule has 0 fully saturated rings. The van der Waals surface area contributed by atoms with Gasteiger partial charge in [0.25, 0.3) is 0 Å². The Morgan fingerprint density at radius 1 is 0.679 bits per heavy atom. The second-order valence-corrected chi connectivity index (χ2v) is 7.53. The molecule has 0 aromatic rings. The molecular weight excluding hydrogens is 348 g/mol. The minimum atomic E-state index is -0.612. The van der Waals surface area contributed by atoms with Crippen molar-refractivity contribution in [1.82, 2.24) is 0 Å². The fraction of sp³-hybridized carbons (Fsp3) is 0.920. The molecule has 3 nitrogen and oxygen atoms in total. The van der Waals surface area contributed by atoms with E-state index in [2.05, 4.69) is 48.1 Å². The van der Waals surface area contributed by atoms with E-state index in [4.69, 9.17) is 14.2 Å². The van der Waals surface area contributed by atoms with Crippen LogP contribution in [0, 0.1) is 0 Å². The first-order valence-electron chi connectivity index (χ1n) is 12.0. The highest BCUT2D eigenvalue weighted by molar-refractivity contribution is 4.96. The second kappa shape index (κ2) is 19.9. The van der Waals surface area contributed by atoms with Gasteiger partial charge in [-0.15, -0.1) is 6.58 Å². The largest absolute Gasteiger partial charge is 0.373 e. The average molecular weight is 401 g/mol. The van der Waals surface area contributed by atoms with Crippen LogP contribution in [0.5, 0.6) is 0 Å². The van der Waals surface area contributed by atoms with Crippen LogP contribution in [0.15, 0.2) is 12.7 Å². The summed E-state index contributed by atoms with van der Waals surface area (Å²) in [5.74, 6) is -0.612. The zero-order valence-corrected chi connectivity index (χ0v) is 20.4. The highest BCUT2D eigenvalue weighted by atomic mass is 16.7. The second-order valence-electron chi connectivity index (χ2n) is 7.53. The smallest absolute Gasteiger partial charge is 0.197 e. The van der Waals surface area contributed by atoms with Crippen LogP contribution in [0.25, 0.3) is 0 Å². The molecule has 0 spiro atoms. The summed E-state index contributed by atoms with van der Waals surface area (Å²) < 4.78 is 18.7. The van der Waals surface area contributed by atoms with Gasteiger partial charge >= 0.3 is 0 Å². The summed E-state index contributed by atoms with van der Waals surface area (Å²) >= 11 is 0. The molecule has 0 aromatic heterocycles. The van der Waals surface area contributed by atoms with Crippen molar-refractivity contribution >= 4 is 0 Å². The maximum atomic E-state index is 6.27. The Hall–Kier alpha value is -0.380. The Bertz CT molecular complexity index is 313. The third kappa shape index (κ3) is 11.0. The van der Waals surface area contributed by atoms with Gasteiger partial charge in [-0.3, -0.25) is 0 Å². The lowest BCUT2D eigenvalue weighted by molar-refractivity contribution is -0.332. The van der Waals surface area contributed by atoms with E-state index in [-0.39, 0.29) is 5.60 Å². The molecule has 0 heterocycles. The Morgan fingerprint density at radius 3 is 1.57 bits per heavy atom. The molecule has 28 heavy (non-hydrogen) atoms. The van der Waals surface area contributed by atoms with E-state index in [0.29, 0.717) is 13.2 Å². The van der Waals surface area contributed by atoms with Crippen molar-refractivity contribution in [2.75, 3.05) is 20.3 Å². The molecule has 0 radical (unpaired) electrons. The lowest BCUT2D eigenvalue weighted by Gasteiger charge is -2.49. The first-order chi connectivity index (χ1) is 13.5. The standard InChI is InChI=1S/C21H44O3.C4H8/c1-7-12-13-14-15-16-19-20(22-6,17-8-2)21(18-9-3,23-10-4)24-11-5;1-3-4-2/h7-19H2,1-6H3;3H,1,4H2,2H3. The molecule has 0 rings (SSSR count). The van der Waals surface area contributed by atoms with Crippen molar-refractivity contribution in [3.8, 4) is 0 Å². The van der Waals surface area contributed by atoms with Crippen molar-refractivity contribution in [3.63, 3.8) is 0 Å². The third-order valence-corrected chi connectivity index (χ3v) is 5.30. The van der Waals surface area contributed by atoms with Gasteiger partial charge in [-0.2, -0.15) is 0 Å². The highest BCUT2D eigenvalue weighted by Gasteiger charge is 2.52. The number of hydrogen-bond donors (Lipinski definition) is 0.